The van der Waals surface area contributed by atoms with E-state index in [1.165, 1.54) is 0 Å². The number of halogens is 2. The lowest BCUT2D eigenvalue weighted by molar-refractivity contribution is 0.102. The number of carbonyl (C=O) groups is 1. The van der Waals surface area contributed by atoms with E-state index >= 15 is 0 Å². The van der Waals surface area contributed by atoms with Crippen molar-refractivity contribution in [2.24, 2.45) is 0 Å². The van der Waals surface area contributed by atoms with E-state index in [-0.39, 0.29) is 5.91 Å². The smallest absolute Gasteiger partial charge is 0.255 e. The summed E-state index contributed by atoms with van der Waals surface area (Å²) >= 11 is 12.1. The minimum absolute atomic E-state index is 0.206. The molecule has 3 aromatic carbocycles. The Hall–Kier alpha value is -3.28. The molecule has 0 aliphatic heterocycles. The average Bonchev–Trinajstić information content (AvgIpc) is 3.22. The van der Waals surface area contributed by atoms with Crippen LogP contribution in [-0.2, 0) is 13.2 Å². The van der Waals surface area contributed by atoms with Crippen LogP contribution in [0.5, 0.6) is 5.75 Å². The number of anilines is 1. The lowest BCUT2D eigenvalue weighted by Crippen LogP contribution is -2.11. The molecule has 0 bridgehead atoms. The first-order valence-electron chi connectivity index (χ1n) is 9.61. The van der Waals surface area contributed by atoms with Gasteiger partial charge in [0, 0.05) is 21.8 Å². The molecule has 0 radical (unpaired) electrons. The van der Waals surface area contributed by atoms with Crippen LogP contribution in [0.4, 0.5) is 5.69 Å². The molecule has 5 nitrogen and oxygen atoms in total. The largest absolute Gasteiger partial charge is 0.489 e. The maximum Gasteiger partial charge on any atom is 0.255 e. The summed E-state index contributed by atoms with van der Waals surface area (Å²) in [7, 11) is 0. The molecule has 0 saturated heterocycles. The molecule has 31 heavy (non-hydrogen) atoms. The predicted octanol–water partition coefficient (Wildman–Crippen LogP) is 6.07. The Balaban J connectivity index is 1.33. The first-order valence-corrected chi connectivity index (χ1v) is 10.4. The van der Waals surface area contributed by atoms with Crippen LogP contribution < -0.4 is 10.1 Å². The van der Waals surface area contributed by atoms with E-state index in [9.17, 15) is 4.79 Å². The molecule has 0 fully saturated rings. The van der Waals surface area contributed by atoms with Crippen LogP contribution in [0.15, 0.2) is 85.2 Å². The van der Waals surface area contributed by atoms with Gasteiger partial charge >= 0.3 is 0 Å². The van der Waals surface area contributed by atoms with E-state index in [2.05, 4.69) is 10.4 Å². The fourth-order valence-electron chi connectivity index (χ4n) is 2.97. The Kier molecular flexibility index (Phi) is 6.55. The number of rotatable bonds is 7. The second-order valence-electron chi connectivity index (χ2n) is 6.91. The van der Waals surface area contributed by atoms with Gasteiger partial charge in [-0.25, -0.2) is 0 Å². The standard InChI is InChI=1S/C24H19Cl2N3O2/c25-20-9-11-22(12-10-20)31-16-17-5-7-18(8-6-17)24(30)28-21-13-27-29(15-21)14-19-3-1-2-4-23(19)26/h1-13,15H,14,16H2,(H,28,30). The molecule has 1 aromatic heterocycles. The summed E-state index contributed by atoms with van der Waals surface area (Å²) < 4.78 is 7.45. The number of nitrogens with zero attached hydrogens (tertiary/aromatic N) is 2. The molecule has 1 N–H and O–H groups in total. The van der Waals surface area contributed by atoms with Gasteiger partial charge in [-0.15, -0.1) is 0 Å². The van der Waals surface area contributed by atoms with E-state index in [0.717, 1.165) is 16.9 Å². The van der Waals surface area contributed by atoms with Gasteiger partial charge in [0.25, 0.3) is 5.91 Å². The molecular weight excluding hydrogens is 433 g/mol. The third kappa shape index (κ3) is 5.66. The third-order valence-electron chi connectivity index (χ3n) is 4.62. The van der Waals surface area contributed by atoms with E-state index in [1.807, 2.05) is 48.5 Å². The number of aromatic nitrogens is 2. The molecular formula is C24H19Cl2N3O2. The Morgan fingerprint density at radius 2 is 1.71 bits per heavy atom. The number of benzene rings is 3. The van der Waals surface area contributed by atoms with Crippen molar-refractivity contribution in [1.29, 1.82) is 0 Å². The molecule has 0 saturated carbocycles. The number of hydrogen-bond acceptors (Lipinski definition) is 3. The lowest BCUT2D eigenvalue weighted by Gasteiger charge is -2.07. The molecule has 0 unspecified atom stereocenters. The average molecular weight is 452 g/mol. The zero-order valence-electron chi connectivity index (χ0n) is 16.5. The highest BCUT2D eigenvalue weighted by atomic mass is 35.5. The fraction of sp³-hybridized carbons (Fsp3) is 0.0833. The molecule has 1 amide bonds. The highest BCUT2D eigenvalue weighted by Crippen LogP contribution is 2.18. The normalized spacial score (nSPS) is 10.6. The Morgan fingerprint density at radius 3 is 2.45 bits per heavy atom. The van der Waals surface area contributed by atoms with Crippen LogP contribution in [0.2, 0.25) is 10.0 Å². The SMILES string of the molecule is O=C(Nc1cnn(Cc2ccccc2Cl)c1)c1ccc(COc2ccc(Cl)cc2)cc1. The number of nitrogens with one attached hydrogen (secondary N) is 1. The topological polar surface area (TPSA) is 56.2 Å². The summed E-state index contributed by atoms with van der Waals surface area (Å²) in [5.74, 6) is 0.530. The zero-order chi connectivity index (χ0) is 21.6. The molecule has 0 spiro atoms. The molecule has 1 heterocycles. The minimum atomic E-state index is -0.206. The Bertz CT molecular complexity index is 1170. The fourth-order valence-corrected chi connectivity index (χ4v) is 3.29. The molecule has 0 aliphatic carbocycles. The van der Waals surface area contributed by atoms with Gasteiger partial charge in [0.2, 0.25) is 0 Å². The number of ether oxygens (including phenoxy) is 1. The van der Waals surface area contributed by atoms with Crippen LogP contribution in [0.25, 0.3) is 0 Å². The summed E-state index contributed by atoms with van der Waals surface area (Å²) in [6, 6.07) is 22.1. The van der Waals surface area contributed by atoms with Gasteiger partial charge in [-0.1, -0.05) is 53.5 Å². The van der Waals surface area contributed by atoms with Gasteiger partial charge in [-0.2, -0.15) is 5.10 Å². The van der Waals surface area contributed by atoms with E-state index < -0.39 is 0 Å². The van der Waals surface area contributed by atoms with Crippen molar-refractivity contribution in [3.8, 4) is 5.75 Å². The van der Waals surface area contributed by atoms with Crippen LogP contribution in [-0.4, -0.2) is 15.7 Å². The third-order valence-corrected chi connectivity index (χ3v) is 5.24. The van der Waals surface area contributed by atoms with Gasteiger partial charge in [0.05, 0.1) is 18.4 Å². The quantitative estimate of drug-likeness (QED) is 0.370. The molecule has 156 valence electrons. The number of hydrogen-bond donors (Lipinski definition) is 1. The van der Waals surface area contributed by atoms with Crippen molar-refractivity contribution >= 4 is 34.8 Å². The summed E-state index contributed by atoms with van der Waals surface area (Å²) in [5, 5.41) is 8.50. The van der Waals surface area contributed by atoms with Crippen molar-refractivity contribution in [2.75, 3.05) is 5.32 Å². The second-order valence-corrected chi connectivity index (χ2v) is 7.76. The highest BCUT2D eigenvalue weighted by molar-refractivity contribution is 6.31. The van der Waals surface area contributed by atoms with Crippen LogP contribution in [0.3, 0.4) is 0 Å². The van der Waals surface area contributed by atoms with Crippen molar-refractivity contribution < 1.29 is 9.53 Å². The van der Waals surface area contributed by atoms with Gasteiger partial charge in [0.1, 0.15) is 12.4 Å². The van der Waals surface area contributed by atoms with Crippen molar-refractivity contribution in [3.63, 3.8) is 0 Å². The van der Waals surface area contributed by atoms with E-state index in [1.54, 1.807) is 41.3 Å². The van der Waals surface area contributed by atoms with Crippen LogP contribution >= 0.6 is 23.2 Å². The summed E-state index contributed by atoms with van der Waals surface area (Å²) in [4.78, 5) is 12.5. The Morgan fingerprint density at radius 1 is 0.968 bits per heavy atom. The summed E-state index contributed by atoms with van der Waals surface area (Å²) in [6.45, 7) is 0.927. The summed E-state index contributed by atoms with van der Waals surface area (Å²) in [5.41, 5.74) is 3.09. The monoisotopic (exact) mass is 451 g/mol. The van der Waals surface area contributed by atoms with Gasteiger partial charge in [0.15, 0.2) is 0 Å². The number of carbonyl (C=O) groups excluding carboxylic acids is 1. The van der Waals surface area contributed by atoms with Gasteiger partial charge in [-0.3, -0.25) is 9.48 Å². The highest BCUT2D eigenvalue weighted by Gasteiger charge is 2.09. The van der Waals surface area contributed by atoms with Crippen molar-refractivity contribution in [3.05, 3.63) is 112 Å². The van der Waals surface area contributed by atoms with Crippen molar-refractivity contribution in [2.45, 2.75) is 13.2 Å². The summed E-state index contributed by atoms with van der Waals surface area (Å²) in [6.07, 6.45) is 3.39. The molecule has 0 atom stereocenters. The predicted molar refractivity (Wildman–Crippen MR) is 123 cm³/mol. The van der Waals surface area contributed by atoms with E-state index in [4.69, 9.17) is 27.9 Å². The maximum absolute atomic E-state index is 12.5. The molecule has 0 aliphatic rings. The van der Waals surface area contributed by atoms with Crippen LogP contribution in [0, 0.1) is 0 Å². The first kappa shape index (κ1) is 21.0. The van der Waals surface area contributed by atoms with Gasteiger partial charge < -0.3 is 10.1 Å². The first-order chi connectivity index (χ1) is 15.1. The number of amides is 1. The molecule has 4 aromatic rings. The van der Waals surface area contributed by atoms with E-state index in [0.29, 0.717) is 34.4 Å². The molecule has 7 heteroatoms. The minimum Gasteiger partial charge on any atom is -0.489 e. The van der Waals surface area contributed by atoms with Crippen molar-refractivity contribution in [1.82, 2.24) is 9.78 Å². The zero-order valence-corrected chi connectivity index (χ0v) is 18.0. The maximum atomic E-state index is 12.5. The van der Waals surface area contributed by atoms with Gasteiger partial charge in [-0.05, 0) is 53.6 Å². The second kappa shape index (κ2) is 9.69. The molecule has 4 rings (SSSR count). The Labute approximate surface area is 190 Å². The lowest BCUT2D eigenvalue weighted by atomic mass is 10.1. The van der Waals surface area contributed by atoms with Crippen LogP contribution in [0.1, 0.15) is 21.5 Å².